The molecule has 0 radical (unpaired) electrons. The summed E-state index contributed by atoms with van der Waals surface area (Å²) in [7, 11) is 4.84. The van der Waals surface area contributed by atoms with Gasteiger partial charge in [0, 0.05) is 7.05 Å². The summed E-state index contributed by atoms with van der Waals surface area (Å²) < 4.78 is 22.1. The molecule has 2 aromatic carbocycles. The number of methoxy groups -OCH3 is 2. The van der Waals surface area contributed by atoms with Gasteiger partial charge >= 0.3 is 0 Å². The molecule has 0 aromatic heterocycles. The van der Waals surface area contributed by atoms with Gasteiger partial charge in [0.25, 0.3) is 0 Å². The fourth-order valence-electron chi connectivity index (χ4n) is 2.21. The lowest BCUT2D eigenvalue weighted by molar-refractivity contribution is 0.206. The molecule has 0 aliphatic heterocycles. The monoisotopic (exact) mass is 423 g/mol. The average molecular weight is 424 g/mol. The van der Waals surface area contributed by atoms with Crippen LogP contribution in [-0.2, 0) is 0 Å². The Morgan fingerprint density at radius 1 is 1.07 bits per heavy atom. The van der Waals surface area contributed by atoms with Crippen molar-refractivity contribution in [2.75, 3.05) is 34.5 Å². The van der Waals surface area contributed by atoms with Crippen molar-refractivity contribution >= 4 is 35.1 Å². The van der Waals surface area contributed by atoms with Crippen LogP contribution in [0.4, 0.5) is 0 Å². The minimum absolute atomic E-state index is 0.277. The summed E-state index contributed by atoms with van der Waals surface area (Å²) in [5, 5.41) is 7.58. The lowest BCUT2D eigenvalue weighted by Gasteiger charge is -2.14. The second-order valence-electron chi connectivity index (χ2n) is 5.33. The van der Waals surface area contributed by atoms with Crippen LogP contribution in [0.2, 0.25) is 5.02 Å². The maximum atomic E-state index is 6.34. The summed E-state index contributed by atoms with van der Waals surface area (Å²) in [6.45, 7) is 0.591. The number of nitrogens with one attached hydrogen (secondary N) is 2. The fourth-order valence-corrected chi connectivity index (χ4v) is 2.54. The van der Waals surface area contributed by atoms with E-state index < -0.39 is 0 Å². The zero-order valence-corrected chi connectivity index (χ0v) is 17.4. The third-order valence-electron chi connectivity index (χ3n) is 3.51. The Bertz CT molecular complexity index is 833. The smallest absolute Gasteiger partial charge is 0.186 e. The minimum atomic E-state index is 0.277. The van der Waals surface area contributed by atoms with Gasteiger partial charge in [0.1, 0.15) is 13.2 Å². The number of benzene rings is 2. The molecule has 2 aromatic rings. The molecule has 0 atom stereocenters. The SMILES string of the molecule is CNC(=S)N/N=C/c1cc(Cl)c(OCCOc2ccccc2OC)c(OC)c1. The predicted octanol–water partition coefficient (Wildman–Crippen LogP) is 3.24. The van der Waals surface area contributed by atoms with Crippen LogP contribution in [0.1, 0.15) is 5.56 Å². The fraction of sp³-hybridized carbons (Fsp3) is 0.263. The van der Waals surface area contributed by atoms with Crippen LogP contribution in [0.5, 0.6) is 23.0 Å². The summed E-state index contributed by atoms with van der Waals surface area (Å²) in [6.07, 6.45) is 1.58. The first-order chi connectivity index (χ1) is 13.6. The van der Waals surface area contributed by atoms with Gasteiger partial charge in [-0.15, -0.1) is 0 Å². The third kappa shape index (κ3) is 6.17. The van der Waals surface area contributed by atoms with Crippen molar-refractivity contribution < 1.29 is 18.9 Å². The molecule has 0 amide bonds. The van der Waals surface area contributed by atoms with Gasteiger partial charge in [0.2, 0.25) is 0 Å². The van der Waals surface area contributed by atoms with Crippen LogP contribution >= 0.6 is 23.8 Å². The first-order valence-corrected chi connectivity index (χ1v) is 9.14. The largest absolute Gasteiger partial charge is 0.493 e. The Hall–Kier alpha value is -2.71. The molecule has 150 valence electrons. The third-order valence-corrected chi connectivity index (χ3v) is 4.09. The number of ether oxygens (including phenoxy) is 4. The summed E-state index contributed by atoms with van der Waals surface area (Å²) in [4.78, 5) is 0. The number of hydrogen-bond acceptors (Lipinski definition) is 6. The van der Waals surface area contributed by atoms with Crippen LogP contribution in [0.15, 0.2) is 41.5 Å². The number of hydrogen-bond donors (Lipinski definition) is 2. The molecule has 2 N–H and O–H groups in total. The highest BCUT2D eigenvalue weighted by Crippen LogP contribution is 2.36. The average Bonchev–Trinajstić information content (AvgIpc) is 2.72. The number of hydrazone groups is 1. The molecule has 7 nitrogen and oxygen atoms in total. The van der Waals surface area contributed by atoms with Crippen molar-refractivity contribution in [3.8, 4) is 23.0 Å². The van der Waals surface area contributed by atoms with Gasteiger partial charge in [0.05, 0.1) is 25.5 Å². The van der Waals surface area contributed by atoms with Crippen LogP contribution < -0.4 is 29.7 Å². The molecule has 9 heteroatoms. The summed E-state index contributed by atoms with van der Waals surface area (Å²) in [5.41, 5.74) is 3.39. The maximum Gasteiger partial charge on any atom is 0.186 e. The van der Waals surface area contributed by atoms with Crippen LogP contribution in [0.3, 0.4) is 0 Å². The number of halogens is 1. The number of rotatable bonds is 9. The van der Waals surface area contributed by atoms with E-state index in [9.17, 15) is 0 Å². The minimum Gasteiger partial charge on any atom is -0.493 e. The quantitative estimate of drug-likeness (QED) is 0.277. The van der Waals surface area contributed by atoms with E-state index in [1.807, 2.05) is 24.3 Å². The van der Waals surface area contributed by atoms with E-state index in [0.717, 1.165) is 5.56 Å². The van der Waals surface area contributed by atoms with E-state index in [2.05, 4.69) is 15.8 Å². The van der Waals surface area contributed by atoms with Gasteiger partial charge in [-0.2, -0.15) is 5.10 Å². The molecule has 0 saturated heterocycles. The molecule has 0 unspecified atom stereocenters. The van der Waals surface area contributed by atoms with Crippen LogP contribution in [0, 0.1) is 0 Å². The second kappa shape index (κ2) is 11.2. The molecule has 0 aliphatic carbocycles. The highest BCUT2D eigenvalue weighted by atomic mass is 35.5. The van der Waals surface area contributed by atoms with E-state index in [-0.39, 0.29) is 6.61 Å². The van der Waals surface area contributed by atoms with Gasteiger partial charge in [-0.05, 0) is 42.0 Å². The van der Waals surface area contributed by atoms with Crippen LogP contribution in [0.25, 0.3) is 0 Å². The molecular formula is C19H22ClN3O4S. The highest BCUT2D eigenvalue weighted by Gasteiger charge is 2.12. The van der Waals surface area contributed by atoms with Crippen LogP contribution in [-0.4, -0.2) is 45.8 Å². The lowest BCUT2D eigenvalue weighted by Crippen LogP contribution is -2.28. The first-order valence-electron chi connectivity index (χ1n) is 8.36. The second-order valence-corrected chi connectivity index (χ2v) is 6.15. The van der Waals surface area contributed by atoms with Gasteiger partial charge in [-0.3, -0.25) is 5.43 Å². The molecule has 28 heavy (non-hydrogen) atoms. The topological polar surface area (TPSA) is 73.3 Å². The van der Waals surface area contributed by atoms with Crippen molar-refractivity contribution in [1.29, 1.82) is 0 Å². The van der Waals surface area contributed by atoms with E-state index >= 15 is 0 Å². The molecule has 0 fully saturated rings. The van der Waals surface area contributed by atoms with Gasteiger partial charge in [-0.25, -0.2) is 0 Å². The normalized spacial score (nSPS) is 10.4. The predicted molar refractivity (Wildman–Crippen MR) is 114 cm³/mol. The molecular weight excluding hydrogens is 402 g/mol. The maximum absolute atomic E-state index is 6.34. The lowest BCUT2D eigenvalue weighted by atomic mass is 10.2. The van der Waals surface area contributed by atoms with E-state index in [4.69, 9.17) is 42.8 Å². The number of nitrogens with zero attached hydrogens (tertiary/aromatic N) is 1. The Morgan fingerprint density at radius 2 is 1.75 bits per heavy atom. The standard InChI is InChI=1S/C19H22ClN3O4S/c1-21-19(28)23-22-12-13-10-14(20)18(17(11-13)25-3)27-9-8-26-16-7-5-4-6-15(16)24-2/h4-7,10-12H,8-9H2,1-3H3,(H2,21,23,28)/b22-12+. The number of para-hydroxylation sites is 2. The zero-order valence-electron chi connectivity index (χ0n) is 15.8. The molecule has 2 rings (SSSR count). The van der Waals surface area contributed by atoms with Crippen molar-refractivity contribution in [2.45, 2.75) is 0 Å². The van der Waals surface area contributed by atoms with Crippen molar-refractivity contribution in [3.63, 3.8) is 0 Å². The van der Waals surface area contributed by atoms with Crippen molar-refractivity contribution in [3.05, 3.63) is 47.0 Å². The Kier molecular flexibility index (Phi) is 8.64. The number of thiocarbonyl (C=S) groups is 1. The van der Waals surface area contributed by atoms with Crippen molar-refractivity contribution in [2.24, 2.45) is 5.10 Å². The summed E-state index contributed by atoms with van der Waals surface area (Å²) in [5.74, 6) is 2.23. The van der Waals surface area contributed by atoms with E-state index in [1.165, 1.54) is 0 Å². The first kappa shape index (κ1) is 21.6. The van der Waals surface area contributed by atoms with Gasteiger partial charge in [0.15, 0.2) is 28.1 Å². The highest BCUT2D eigenvalue weighted by molar-refractivity contribution is 7.80. The summed E-state index contributed by atoms with van der Waals surface area (Å²) >= 11 is 11.3. The molecule has 0 bridgehead atoms. The van der Waals surface area contributed by atoms with Gasteiger partial charge < -0.3 is 24.3 Å². The van der Waals surface area contributed by atoms with Gasteiger partial charge in [-0.1, -0.05) is 23.7 Å². The van der Waals surface area contributed by atoms with E-state index in [0.29, 0.717) is 39.7 Å². The van der Waals surface area contributed by atoms with Crippen molar-refractivity contribution in [1.82, 2.24) is 10.7 Å². The molecule has 0 spiro atoms. The molecule has 0 saturated carbocycles. The zero-order chi connectivity index (χ0) is 20.4. The Morgan fingerprint density at radius 3 is 2.43 bits per heavy atom. The summed E-state index contributed by atoms with van der Waals surface area (Å²) in [6, 6.07) is 10.9. The van der Waals surface area contributed by atoms with E-state index in [1.54, 1.807) is 39.6 Å². The Balaban J connectivity index is 1.98. The Labute approximate surface area is 174 Å². The molecule has 0 heterocycles. The molecule has 0 aliphatic rings.